The first-order valence-electron chi connectivity index (χ1n) is 9.69. The zero-order valence-electron chi connectivity index (χ0n) is 16.4. The summed E-state index contributed by atoms with van der Waals surface area (Å²) < 4.78 is 10.5. The minimum absolute atomic E-state index is 0.0659. The van der Waals surface area contributed by atoms with Gasteiger partial charge in [0, 0.05) is 18.3 Å². The lowest BCUT2D eigenvalue weighted by Crippen LogP contribution is -2.21. The molecule has 1 aromatic carbocycles. The fraction of sp³-hybridized carbons (Fsp3) is 0.391. The molecule has 0 saturated carbocycles. The Morgan fingerprint density at radius 3 is 2.57 bits per heavy atom. The maximum Gasteiger partial charge on any atom is 0.343 e. The van der Waals surface area contributed by atoms with Gasteiger partial charge < -0.3 is 15.2 Å². The molecular weight excluding hydrogens is 354 g/mol. The summed E-state index contributed by atoms with van der Waals surface area (Å²) in [5.74, 6) is 0.0224. The average molecular weight is 381 g/mol. The highest BCUT2D eigenvalue weighted by atomic mass is 16.6. The molecule has 1 amide bonds. The SMILES string of the molecule is CCC1=C(Cc2ccccc2)C2CC=CC(OCC(=O)OC)=C2C1CC(N)=O. The van der Waals surface area contributed by atoms with E-state index < -0.39 is 5.97 Å². The molecule has 0 saturated heterocycles. The molecule has 28 heavy (non-hydrogen) atoms. The molecule has 0 spiro atoms. The van der Waals surface area contributed by atoms with Crippen LogP contribution in [-0.4, -0.2) is 25.6 Å². The number of methoxy groups -OCH3 is 1. The van der Waals surface area contributed by atoms with Crippen molar-refractivity contribution in [3.63, 3.8) is 0 Å². The second kappa shape index (κ2) is 8.91. The number of nitrogens with two attached hydrogens (primary N) is 1. The van der Waals surface area contributed by atoms with Gasteiger partial charge in [0.25, 0.3) is 0 Å². The molecule has 2 aliphatic carbocycles. The van der Waals surface area contributed by atoms with Crippen molar-refractivity contribution >= 4 is 11.9 Å². The molecule has 0 fully saturated rings. The van der Waals surface area contributed by atoms with Crippen LogP contribution in [0.5, 0.6) is 0 Å². The number of allylic oxidation sites excluding steroid dienone is 5. The summed E-state index contributed by atoms with van der Waals surface area (Å²) in [6, 6.07) is 10.3. The van der Waals surface area contributed by atoms with Crippen molar-refractivity contribution in [2.45, 2.75) is 32.6 Å². The van der Waals surface area contributed by atoms with E-state index in [1.807, 2.05) is 24.3 Å². The molecule has 5 nitrogen and oxygen atoms in total. The van der Waals surface area contributed by atoms with Gasteiger partial charge in [0.05, 0.1) is 7.11 Å². The molecule has 2 aliphatic rings. The van der Waals surface area contributed by atoms with E-state index in [4.69, 9.17) is 15.2 Å². The average Bonchev–Trinajstić information content (AvgIpc) is 2.99. The van der Waals surface area contributed by atoms with E-state index in [0.29, 0.717) is 5.76 Å². The van der Waals surface area contributed by atoms with Crippen LogP contribution in [0.2, 0.25) is 0 Å². The van der Waals surface area contributed by atoms with E-state index in [1.54, 1.807) is 0 Å². The summed E-state index contributed by atoms with van der Waals surface area (Å²) in [6.07, 6.45) is 6.79. The predicted molar refractivity (Wildman–Crippen MR) is 107 cm³/mol. The second-order valence-electron chi connectivity index (χ2n) is 7.16. The van der Waals surface area contributed by atoms with Gasteiger partial charge in [-0.1, -0.05) is 54.5 Å². The third-order valence-electron chi connectivity index (χ3n) is 5.53. The van der Waals surface area contributed by atoms with Crippen LogP contribution in [0, 0.1) is 11.8 Å². The van der Waals surface area contributed by atoms with Crippen LogP contribution in [0.1, 0.15) is 31.7 Å². The lowest BCUT2D eigenvalue weighted by atomic mass is 9.83. The fourth-order valence-electron chi connectivity index (χ4n) is 4.37. The maximum absolute atomic E-state index is 11.8. The first kappa shape index (κ1) is 19.9. The van der Waals surface area contributed by atoms with Gasteiger partial charge in [0.2, 0.25) is 5.91 Å². The third-order valence-corrected chi connectivity index (χ3v) is 5.53. The highest BCUT2D eigenvalue weighted by Gasteiger charge is 2.40. The summed E-state index contributed by atoms with van der Waals surface area (Å²) in [6.45, 7) is 1.97. The molecule has 5 heteroatoms. The number of hydrogen-bond acceptors (Lipinski definition) is 4. The Hall–Kier alpha value is -2.82. The molecule has 148 valence electrons. The van der Waals surface area contributed by atoms with E-state index in [1.165, 1.54) is 23.8 Å². The zero-order valence-corrected chi connectivity index (χ0v) is 16.4. The lowest BCUT2D eigenvalue weighted by molar-refractivity contribution is -0.144. The number of primary amides is 1. The van der Waals surface area contributed by atoms with Crippen LogP contribution in [0.4, 0.5) is 0 Å². The van der Waals surface area contributed by atoms with Gasteiger partial charge in [0.15, 0.2) is 6.61 Å². The van der Waals surface area contributed by atoms with E-state index >= 15 is 0 Å². The summed E-state index contributed by atoms with van der Waals surface area (Å²) >= 11 is 0. The molecule has 0 aromatic heterocycles. The van der Waals surface area contributed by atoms with Crippen molar-refractivity contribution in [3.05, 3.63) is 70.5 Å². The number of hydrogen-bond donors (Lipinski definition) is 1. The smallest absolute Gasteiger partial charge is 0.343 e. The number of amides is 1. The predicted octanol–water partition coefficient (Wildman–Crippen LogP) is 3.46. The Balaban J connectivity index is 2.00. The molecule has 0 heterocycles. The van der Waals surface area contributed by atoms with Crippen molar-refractivity contribution in [2.24, 2.45) is 17.6 Å². The number of fused-ring (bicyclic) bond motifs is 1. The molecule has 2 unspecified atom stereocenters. The standard InChI is InChI=1S/C23H27NO4/c1-3-16-18(12-15-8-5-4-6-9-15)17-10-7-11-20(28-14-22(26)27-2)23(17)19(16)13-21(24)25/h4-9,11,17,19H,3,10,12-14H2,1-2H3,(H2,24,25). The molecule has 3 rings (SSSR count). The van der Waals surface area contributed by atoms with Crippen LogP contribution in [0.3, 0.4) is 0 Å². The molecular formula is C23H27NO4. The van der Waals surface area contributed by atoms with Crippen LogP contribution in [0.15, 0.2) is 65.0 Å². The summed E-state index contributed by atoms with van der Waals surface area (Å²) in [7, 11) is 1.34. The number of carbonyl (C=O) groups is 2. The normalized spacial score (nSPS) is 20.9. The first-order chi connectivity index (χ1) is 13.5. The Kier molecular flexibility index (Phi) is 6.34. The molecule has 0 bridgehead atoms. The highest BCUT2D eigenvalue weighted by Crippen LogP contribution is 2.50. The minimum atomic E-state index is -0.429. The monoisotopic (exact) mass is 381 g/mol. The highest BCUT2D eigenvalue weighted by molar-refractivity contribution is 5.76. The van der Waals surface area contributed by atoms with Crippen molar-refractivity contribution in [1.29, 1.82) is 0 Å². The minimum Gasteiger partial charge on any atom is -0.482 e. The summed E-state index contributed by atoms with van der Waals surface area (Å²) in [4.78, 5) is 23.4. The summed E-state index contributed by atoms with van der Waals surface area (Å²) in [5, 5.41) is 0. The molecule has 2 atom stereocenters. The topological polar surface area (TPSA) is 78.6 Å². The van der Waals surface area contributed by atoms with Gasteiger partial charge in [-0.2, -0.15) is 0 Å². The number of ether oxygens (including phenoxy) is 2. The Morgan fingerprint density at radius 1 is 1.18 bits per heavy atom. The number of benzene rings is 1. The fourth-order valence-corrected chi connectivity index (χ4v) is 4.37. The second-order valence-corrected chi connectivity index (χ2v) is 7.16. The van der Waals surface area contributed by atoms with E-state index in [2.05, 4.69) is 25.1 Å². The quantitative estimate of drug-likeness (QED) is 0.552. The largest absolute Gasteiger partial charge is 0.482 e. The van der Waals surface area contributed by atoms with Gasteiger partial charge in [-0.15, -0.1) is 0 Å². The zero-order chi connectivity index (χ0) is 20.1. The van der Waals surface area contributed by atoms with Crippen molar-refractivity contribution < 1.29 is 19.1 Å². The summed E-state index contributed by atoms with van der Waals surface area (Å²) in [5.41, 5.74) is 10.5. The van der Waals surface area contributed by atoms with Crippen molar-refractivity contribution in [3.8, 4) is 0 Å². The van der Waals surface area contributed by atoms with E-state index in [-0.39, 0.29) is 30.8 Å². The number of rotatable bonds is 8. The van der Waals surface area contributed by atoms with Crippen LogP contribution < -0.4 is 5.73 Å². The van der Waals surface area contributed by atoms with Gasteiger partial charge >= 0.3 is 5.97 Å². The Labute approximate surface area is 165 Å². The van der Waals surface area contributed by atoms with Crippen molar-refractivity contribution in [1.82, 2.24) is 0 Å². The van der Waals surface area contributed by atoms with Crippen LogP contribution >= 0.6 is 0 Å². The number of esters is 1. The Bertz CT molecular complexity index is 835. The van der Waals surface area contributed by atoms with Crippen LogP contribution in [0.25, 0.3) is 0 Å². The third kappa shape index (κ3) is 4.19. The van der Waals surface area contributed by atoms with E-state index in [9.17, 15) is 9.59 Å². The van der Waals surface area contributed by atoms with Gasteiger partial charge in [-0.25, -0.2) is 4.79 Å². The van der Waals surface area contributed by atoms with Crippen LogP contribution in [-0.2, 0) is 25.5 Å². The molecule has 0 aliphatic heterocycles. The molecule has 1 aromatic rings. The molecule has 2 N–H and O–H groups in total. The van der Waals surface area contributed by atoms with Gasteiger partial charge in [-0.3, -0.25) is 4.79 Å². The molecule has 0 radical (unpaired) electrons. The Morgan fingerprint density at radius 2 is 1.93 bits per heavy atom. The van der Waals surface area contributed by atoms with Gasteiger partial charge in [0.1, 0.15) is 5.76 Å². The number of carbonyl (C=O) groups excluding carboxylic acids is 2. The maximum atomic E-state index is 11.8. The van der Waals surface area contributed by atoms with E-state index in [0.717, 1.165) is 24.8 Å². The van der Waals surface area contributed by atoms with Gasteiger partial charge in [-0.05, 0) is 36.5 Å². The van der Waals surface area contributed by atoms with Crippen molar-refractivity contribution in [2.75, 3.05) is 13.7 Å². The first-order valence-corrected chi connectivity index (χ1v) is 9.69. The lowest BCUT2D eigenvalue weighted by Gasteiger charge is -2.25.